The van der Waals surface area contributed by atoms with Crippen LogP contribution < -0.4 is 5.73 Å². The molecule has 1 aliphatic heterocycles. The molecule has 0 spiro atoms. The normalized spacial score (nSPS) is 14.6. The van der Waals surface area contributed by atoms with E-state index in [0.29, 0.717) is 0 Å². The van der Waals surface area contributed by atoms with Crippen LogP contribution >= 0.6 is 11.8 Å². The molecule has 2 N–H and O–H groups in total. The summed E-state index contributed by atoms with van der Waals surface area (Å²) in [5, 5.41) is 0.913. The molecule has 5 nitrogen and oxygen atoms in total. The second-order valence-corrected chi connectivity index (χ2v) is 9.28. The molecule has 0 bridgehead atoms. The van der Waals surface area contributed by atoms with Gasteiger partial charge in [-0.15, -0.1) is 0 Å². The van der Waals surface area contributed by atoms with Gasteiger partial charge in [0.05, 0.1) is 6.54 Å². The lowest BCUT2D eigenvalue weighted by Gasteiger charge is -2.38. The zero-order chi connectivity index (χ0) is 22.3. The van der Waals surface area contributed by atoms with E-state index < -0.39 is 5.54 Å². The predicted molar refractivity (Wildman–Crippen MR) is 122 cm³/mol. The Balaban J connectivity index is 1.90. The molecule has 160 valence electrons. The summed E-state index contributed by atoms with van der Waals surface area (Å²) in [4.78, 5) is 20.1. The maximum Gasteiger partial charge on any atom is 0.241 e. The first-order valence-electron chi connectivity index (χ1n) is 10.1. The molecule has 0 fully saturated rings. The standard InChI is InChI=1S/C24H25FN4OS/c1-15-11-16(2)13-19(12-15)31-22-21(17-5-7-18(25)8-6-17)27-23-24(3,4)29(20(30)14-26)10-9-28(22)23/h5-13H,14,26H2,1-4H3. The van der Waals surface area contributed by atoms with Crippen molar-refractivity contribution >= 4 is 23.9 Å². The van der Waals surface area contributed by atoms with Gasteiger partial charge in [-0.2, -0.15) is 0 Å². The Morgan fingerprint density at radius 3 is 2.35 bits per heavy atom. The van der Waals surface area contributed by atoms with Crippen LogP contribution in [0.5, 0.6) is 0 Å². The monoisotopic (exact) mass is 436 g/mol. The van der Waals surface area contributed by atoms with Gasteiger partial charge in [0, 0.05) is 22.9 Å². The summed E-state index contributed by atoms with van der Waals surface area (Å²) in [5.74, 6) is 0.251. The Bertz CT molecular complexity index is 1160. The molecule has 0 radical (unpaired) electrons. The number of nitrogens with zero attached hydrogens (tertiary/aromatic N) is 3. The van der Waals surface area contributed by atoms with Gasteiger partial charge in [-0.3, -0.25) is 9.36 Å². The van der Waals surface area contributed by atoms with Crippen molar-refractivity contribution in [2.45, 2.75) is 43.2 Å². The number of rotatable bonds is 4. The summed E-state index contributed by atoms with van der Waals surface area (Å²) in [7, 11) is 0. The lowest BCUT2D eigenvalue weighted by Crippen LogP contribution is -2.47. The molecule has 1 aromatic heterocycles. The molecule has 1 aliphatic rings. The van der Waals surface area contributed by atoms with Crippen LogP contribution in [0.25, 0.3) is 17.5 Å². The number of carbonyl (C=O) groups is 1. The second kappa shape index (κ2) is 7.98. The van der Waals surface area contributed by atoms with Crippen molar-refractivity contribution in [3.05, 3.63) is 71.4 Å². The highest BCUT2D eigenvalue weighted by atomic mass is 32.2. The number of benzene rings is 2. The minimum absolute atomic E-state index is 0.0799. The Hall–Kier alpha value is -2.90. The van der Waals surface area contributed by atoms with E-state index in [4.69, 9.17) is 10.7 Å². The largest absolute Gasteiger partial charge is 0.322 e. The Morgan fingerprint density at radius 1 is 1.10 bits per heavy atom. The van der Waals surface area contributed by atoms with Crippen molar-refractivity contribution in [3.63, 3.8) is 0 Å². The van der Waals surface area contributed by atoms with Gasteiger partial charge in [0.1, 0.15) is 27.9 Å². The molecule has 7 heteroatoms. The third-order valence-corrected chi connectivity index (χ3v) is 6.41. The first-order chi connectivity index (χ1) is 14.7. The highest BCUT2D eigenvalue weighted by Gasteiger charge is 2.39. The number of fused-ring (bicyclic) bond motifs is 1. The Labute approximate surface area is 185 Å². The van der Waals surface area contributed by atoms with Crippen molar-refractivity contribution in [1.29, 1.82) is 0 Å². The number of hydrogen-bond acceptors (Lipinski definition) is 4. The molecule has 4 rings (SSSR count). The molecule has 2 aromatic carbocycles. The minimum atomic E-state index is -0.693. The molecular weight excluding hydrogens is 411 g/mol. The minimum Gasteiger partial charge on any atom is -0.322 e. The van der Waals surface area contributed by atoms with Gasteiger partial charge in [0.25, 0.3) is 0 Å². The van der Waals surface area contributed by atoms with Crippen molar-refractivity contribution in [3.8, 4) is 11.3 Å². The highest BCUT2D eigenvalue weighted by molar-refractivity contribution is 7.99. The Morgan fingerprint density at radius 2 is 1.74 bits per heavy atom. The number of carbonyl (C=O) groups excluding carboxylic acids is 1. The van der Waals surface area contributed by atoms with Crippen LogP contribution in [0.15, 0.2) is 58.6 Å². The molecule has 2 heterocycles. The number of imidazole rings is 1. The lowest BCUT2D eigenvalue weighted by atomic mass is 10.0. The van der Waals surface area contributed by atoms with Crippen LogP contribution in [0.1, 0.15) is 30.8 Å². The second-order valence-electron chi connectivity index (χ2n) is 8.22. The fraction of sp³-hybridized carbons (Fsp3) is 0.250. The summed E-state index contributed by atoms with van der Waals surface area (Å²) in [6.45, 7) is 7.96. The van der Waals surface area contributed by atoms with E-state index in [1.807, 2.05) is 24.6 Å². The van der Waals surface area contributed by atoms with Crippen LogP contribution in [0, 0.1) is 19.7 Å². The van der Waals surface area contributed by atoms with Gasteiger partial charge in [0.2, 0.25) is 5.91 Å². The molecule has 0 atom stereocenters. The van der Waals surface area contributed by atoms with Crippen molar-refractivity contribution < 1.29 is 9.18 Å². The van der Waals surface area contributed by atoms with Crippen LogP contribution in [0.2, 0.25) is 0 Å². The SMILES string of the molecule is Cc1cc(C)cc(Sc2c(-c3ccc(F)cc3)nc3n2C=CN(C(=O)CN)C3(C)C)c1. The van der Waals surface area contributed by atoms with Gasteiger partial charge in [-0.1, -0.05) is 17.8 Å². The number of amides is 1. The van der Waals surface area contributed by atoms with Crippen molar-refractivity contribution in [2.24, 2.45) is 5.73 Å². The van der Waals surface area contributed by atoms with Crippen LogP contribution in [0.4, 0.5) is 4.39 Å². The smallest absolute Gasteiger partial charge is 0.241 e. The third kappa shape index (κ3) is 3.91. The number of hydrogen-bond donors (Lipinski definition) is 1. The van der Waals surface area contributed by atoms with Gasteiger partial charge >= 0.3 is 0 Å². The van der Waals surface area contributed by atoms with Gasteiger partial charge < -0.3 is 10.6 Å². The molecule has 31 heavy (non-hydrogen) atoms. The highest BCUT2D eigenvalue weighted by Crippen LogP contribution is 2.42. The van der Waals surface area contributed by atoms with Crippen LogP contribution in [-0.4, -0.2) is 26.9 Å². The molecule has 0 saturated carbocycles. The molecule has 0 saturated heterocycles. The van der Waals surface area contributed by atoms with E-state index >= 15 is 0 Å². The van der Waals surface area contributed by atoms with E-state index in [0.717, 1.165) is 27.0 Å². The molecule has 1 amide bonds. The van der Waals surface area contributed by atoms with E-state index in [1.165, 1.54) is 23.3 Å². The summed E-state index contributed by atoms with van der Waals surface area (Å²) in [6, 6.07) is 12.7. The lowest BCUT2D eigenvalue weighted by molar-refractivity contribution is -0.132. The topological polar surface area (TPSA) is 64.2 Å². The van der Waals surface area contributed by atoms with E-state index in [2.05, 4.69) is 32.0 Å². The van der Waals surface area contributed by atoms with E-state index in [9.17, 15) is 9.18 Å². The van der Waals surface area contributed by atoms with E-state index in [-0.39, 0.29) is 18.3 Å². The summed E-state index contributed by atoms with van der Waals surface area (Å²) < 4.78 is 15.6. The zero-order valence-corrected chi connectivity index (χ0v) is 18.8. The molecule has 3 aromatic rings. The molecular formula is C24H25FN4OS. The molecule has 0 aliphatic carbocycles. The van der Waals surface area contributed by atoms with Crippen molar-refractivity contribution in [2.75, 3.05) is 6.54 Å². The van der Waals surface area contributed by atoms with Gasteiger partial charge in [-0.05, 0) is 75.2 Å². The summed E-state index contributed by atoms with van der Waals surface area (Å²) >= 11 is 1.61. The zero-order valence-electron chi connectivity index (χ0n) is 18.0. The van der Waals surface area contributed by atoms with Crippen molar-refractivity contribution in [1.82, 2.24) is 14.5 Å². The maximum atomic E-state index is 13.6. The predicted octanol–water partition coefficient (Wildman–Crippen LogP) is 4.92. The average molecular weight is 437 g/mol. The van der Waals surface area contributed by atoms with Gasteiger partial charge in [-0.25, -0.2) is 9.37 Å². The van der Waals surface area contributed by atoms with Crippen LogP contribution in [0.3, 0.4) is 0 Å². The quantitative estimate of drug-likeness (QED) is 0.630. The fourth-order valence-corrected chi connectivity index (χ4v) is 5.12. The maximum absolute atomic E-state index is 13.6. The van der Waals surface area contributed by atoms with Gasteiger partial charge in [0.15, 0.2) is 0 Å². The summed E-state index contributed by atoms with van der Waals surface area (Å²) in [6.07, 6.45) is 3.60. The summed E-state index contributed by atoms with van der Waals surface area (Å²) in [5.41, 5.74) is 8.86. The first kappa shape index (κ1) is 21.3. The molecule has 0 unspecified atom stereocenters. The number of aryl methyl sites for hydroxylation is 2. The first-order valence-corrected chi connectivity index (χ1v) is 10.9. The average Bonchev–Trinajstić information content (AvgIpc) is 3.07. The number of halogens is 1. The Kier molecular flexibility index (Phi) is 5.49. The number of nitrogens with two attached hydrogens (primary N) is 1. The number of aromatic nitrogens is 2. The fourth-order valence-electron chi connectivity index (χ4n) is 3.91. The van der Waals surface area contributed by atoms with Crippen LogP contribution in [-0.2, 0) is 10.3 Å². The third-order valence-electron chi connectivity index (χ3n) is 5.35. The van der Waals surface area contributed by atoms with E-state index in [1.54, 1.807) is 35.0 Å².